The third-order valence-electron chi connectivity index (χ3n) is 8.39. The van der Waals surface area contributed by atoms with Crippen molar-refractivity contribution in [2.45, 2.75) is 82.6 Å². The molecular formula is C33H43N3O5. The van der Waals surface area contributed by atoms with Gasteiger partial charge in [-0.1, -0.05) is 30.3 Å². The predicted molar refractivity (Wildman–Crippen MR) is 156 cm³/mol. The highest BCUT2D eigenvalue weighted by Gasteiger charge is 2.43. The maximum absolute atomic E-state index is 12.8. The number of esters is 1. The number of ether oxygens (including phenoxy) is 3. The molecule has 0 unspecified atom stereocenters. The van der Waals surface area contributed by atoms with Crippen molar-refractivity contribution in [2.75, 3.05) is 27.7 Å². The molecule has 1 heterocycles. The Hall–Kier alpha value is -3.57. The van der Waals surface area contributed by atoms with Crippen molar-refractivity contribution in [3.05, 3.63) is 65.2 Å². The SMILES string of the molecule is COC(=O)[C@@H]1C[C@H](Oc2cc(C#N)cc(C[C@H]3CC[C@](c4ccccc4)(N(C)C)CC3)c2)CN1C(=O)OC(C)(C)C. The number of methoxy groups -OCH3 is 1. The van der Waals surface area contributed by atoms with Crippen molar-refractivity contribution >= 4 is 12.1 Å². The molecule has 8 nitrogen and oxygen atoms in total. The van der Waals surface area contributed by atoms with Crippen LogP contribution in [0.4, 0.5) is 4.79 Å². The van der Waals surface area contributed by atoms with Crippen LogP contribution in [-0.4, -0.2) is 67.4 Å². The van der Waals surface area contributed by atoms with Crippen LogP contribution in [0.25, 0.3) is 0 Å². The normalized spacial score (nSPS) is 24.5. The number of carbonyl (C=O) groups excluding carboxylic acids is 2. The molecule has 1 amide bonds. The minimum absolute atomic E-state index is 0.0409. The Kier molecular flexibility index (Phi) is 9.28. The van der Waals surface area contributed by atoms with Crippen LogP contribution in [-0.2, 0) is 26.2 Å². The van der Waals surface area contributed by atoms with Crippen molar-refractivity contribution in [2.24, 2.45) is 5.92 Å². The molecule has 2 atom stereocenters. The molecule has 0 bridgehead atoms. The Morgan fingerprint density at radius 1 is 1.10 bits per heavy atom. The van der Waals surface area contributed by atoms with Crippen molar-refractivity contribution in [1.82, 2.24) is 9.80 Å². The van der Waals surface area contributed by atoms with Crippen LogP contribution < -0.4 is 4.74 Å². The van der Waals surface area contributed by atoms with E-state index in [0.29, 0.717) is 17.2 Å². The highest BCUT2D eigenvalue weighted by atomic mass is 16.6. The fourth-order valence-corrected chi connectivity index (χ4v) is 6.30. The van der Waals surface area contributed by atoms with Gasteiger partial charge in [0.15, 0.2) is 0 Å². The van der Waals surface area contributed by atoms with Gasteiger partial charge in [0.1, 0.15) is 23.5 Å². The Labute approximate surface area is 244 Å². The van der Waals surface area contributed by atoms with E-state index in [9.17, 15) is 14.9 Å². The molecule has 1 saturated carbocycles. The standard InChI is InChI=1S/C33H43N3O5/c1-32(2,3)41-31(38)36-22-28(20-29(36)30(37)39-6)40-27-18-24(17-25(19-27)21-34)16-23-12-14-33(15-13-23,35(4)5)26-10-8-7-9-11-26/h7-11,17-19,23,28-29H,12-16,20,22H2,1-6H3/t23-,28-,29-,33-/m0/s1. The van der Waals surface area contributed by atoms with Gasteiger partial charge >= 0.3 is 12.1 Å². The van der Waals surface area contributed by atoms with Crippen LogP contribution in [0.2, 0.25) is 0 Å². The molecule has 0 radical (unpaired) electrons. The first-order valence-electron chi connectivity index (χ1n) is 14.4. The Balaban J connectivity index is 1.45. The van der Waals surface area contributed by atoms with Crippen molar-refractivity contribution in [3.8, 4) is 11.8 Å². The van der Waals surface area contributed by atoms with Gasteiger partial charge < -0.3 is 14.2 Å². The first-order valence-corrected chi connectivity index (χ1v) is 14.4. The van der Waals surface area contributed by atoms with E-state index in [4.69, 9.17) is 14.2 Å². The van der Waals surface area contributed by atoms with E-state index in [1.54, 1.807) is 26.8 Å². The van der Waals surface area contributed by atoms with Gasteiger partial charge in [-0.3, -0.25) is 9.80 Å². The summed E-state index contributed by atoms with van der Waals surface area (Å²) < 4.78 is 16.8. The van der Waals surface area contributed by atoms with Gasteiger partial charge in [0, 0.05) is 12.0 Å². The molecule has 0 aromatic heterocycles. The highest BCUT2D eigenvalue weighted by molar-refractivity contribution is 5.82. The Bertz CT molecular complexity index is 1260. The quantitative estimate of drug-likeness (QED) is 0.402. The lowest BCUT2D eigenvalue weighted by molar-refractivity contribution is -0.145. The third kappa shape index (κ3) is 7.20. The lowest BCUT2D eigenvalue weighted by Crippen LogP contribution is -2.44. The third-order valence-corrected chi connectivity index (χ3v) is 8.39. The average molecular weight is 562 g/mol. The fourth-order valence-electron chi connectivity index (χ4n) is 6.30. The molecular weight excluding hydrogens is 518 g/mol. The predicted octanol–water partition coefficient (Wildman–Crippen LogP) is 5.68. The van der Waals surface area contributed by atoms with Crippen molar-refractivity contribution in [1.29, 1.82) is 5.26 Å². The van der Waals surface area contributed by atoms with Gasteiger partial charge in [-0.25, -0.2) is 9.59 Å². The summed E-state index contributed by atoms with van der Waals surface area (Å²) in [4.78, 5) is 29.1. The number of benzene rings is 2. The molecule has 2 aliphatic rings. The van der Waals surface area contributed by atoms with E-state index in [1.165, 1.54) is 17.6 Å². The monoisotopic (exact) mass is 561 g/mol. The Morgan fingerprint density at radius 3 is 2.37 bits per heavy atom. The second-order valence-electron chi connectivity index (χ2n) is 12.6. The number of nitrogens with zero attached hydrogens (tertiary/aromatic N) is 3. The summed E-state index contributed by atoms with van der Waals surface area (Å²) >= 11 is 0. The molecule has 2 fully saturated rings. The number of hydrogen-bond donors (Lipinski definition) is 0. The summed E-state index contributed by atoms with van der Waals surface area (Å²) in [6, 6.07) is 17.9. The number of nitriles is 1. The second kappa shape index (κ2) is 12.5. The summed E-state index contributed by atoms with van der Waals surface area (Å²) in [7, 11) is 5.65. The molecule has 41 heavy (non-hydrogen) atoms. The van der Waals surface area contributed by atoms with Crippen LogP contribution in [0.5, 0.6) is 5.75 Å². The highest BCUT2D eigenvalue weighted by Crippen LogP contribution is 2.44. The zero-order valence-electron chi connectivity index (χ0n) is 25.2. The summed E-state index contributed by atoms with van der Waals surface area (Å²) in [5.74, 6) is 0.572. The minimum atomic E-state index is -0.790. The summed E-state index contributed by atoms with van der Waals surface area (Å²) in [6.45, 7) is 5.54. The zero-order valence-corrected chi connectivity index (χ0v) is 25.2. The van der Waals surface area contributed by atoms with E-state index >= 15 is 0 Å². The molecule has 2 aromatic carbocycles. The fraction of sp³-hybridized carbons (Fsp3) is 0.545. The van der Waals surface area contributed by atoms with Crippen molar-refractivity contribution < 1.29 is 23.8 Å². The Morgan fingerprint density at radius 2 is 1.78 bits per heavy atom. The maximum Gasteiger partial charge on any atom is 0.411 e. The molecule has 4 rings (SSSR count). The van der Waals surface area contributed by atoms with Crippen LogP contribution in [0, 0.1) is 17.2 Å². The lowest BCUT2D eigenvalue weighted by atomic mass is 9.70. The first kappa shape index (κ1) is 30.4. The van der Waals surface area contributed by atoms with Gasteiger partial charge in [0.05, 0.1) is 25.3 Å². The van der Waals surface area contributed by atoms with Gasteiger partial charge in [-0.05, 0) is 102 Å². The maximum atomic E-state index is 12.8. The summed E-state index contributed by atoms with van der Waals surface area (Å²) in [6.07, 6.45) is 4.47. The molecule has 0 N–H and O–H groups in total. The molecule has 8 heteroatoms. The number of carbonyl (C=O) groups is 2. The lowest BCUT2D eigenvalue weighted by Gasteiger charge is -2.45. The van der Waals surface area contributed by atoms with Crippen LogP contribution in [0.15, 0.2) is 48.5 Å². The van der Waals surface area contributed by atoms with E-state index in [-0.39, 0.29) is 18.5 Å². The van der Waals surface area contributed by atoms with Crippen LogP contribution in [0.1, 0.15) is 69.6 Å². The second-order valence-corrected chi connectivity index (χ2v) is 12.6. The first-order chi connectivity index (χ1) is 19.4. The molecule has 1 aliphatic heterocycles. The average Bonchev–Trinajstić information content (AvgIpc) is 3.36. The van der Waals surface area contributed by atoms with Crippen LogP contribution in [0.3, 0.4) is 0 Å². The number of likely N-dealkylation sites (tertiary alicyclic amines) is 1. The molecule has 1 aliphatic carbocycles. The minimum Gasteiger partial charge on any atom is -0.488 e. The number of hydrogen-bond acceptors (Lipinski definition) is 7. The summed E-state index contributed by atoms with van der Waals surface area (Å²) in [5.41, 5.74) is 2.31. The molecule has 1 saturated heterocycles. The smallest absolute Gasteiger partial charge is 0.411 e. The van der Waals surface area contributed by atoms with Gasteiger partial charge in [0.25, 0.3) is 0 Å². The van der Waals surface area contributed by atoms with Crippen LogP contribution >= 0.6 is 0 Å². The van der Waals surface area contributed by atoms with E-state index in [2.05, 4.69) is 55.4 Å². The molecule has 220 valence electrons. The van der Waals surface area contributed by atoms with Gasteiger partial charge in [-0.15, -0.1) is 0 Å². The van der Waals surface area contributed by atoms with E-state index in [0.717, 1.165) is 37.7 Å². The number of rotatable bonds is 7. The van der Waals surface area contributed by atoms with Gasteiger partial charge in [0.2, 0.25) is 0 Å². The summed E-state index contributed by atoms with van der Waals surface area (Å²) in [5, 5.41) is 9.74. The van der Waals surface area contributed by atoms with E-state index in [1.807, 2.05) is 12.1 Å². The molecule has 0 spiro atoms. The number of amides is 1. The van der Waals surface area contributed by atoms with Crippen molar-refractivity contribution in [3.63, 3.8) is 0 Å². The largest absolute Gasteiger partial charge is 0.488 e. The molecule has 2 aromatic rings. The van der Waals surface area contributed by atoms with Gasteiger partial charge in [-0.2, -0.15) is 5.26 Å². The zero-order chi connectivity index (χ0) is 29.8. The topological polar surface area (TPSA) is 92.1 Å². The van der Waals surface area contributed by atoms with E-state index < -0.39 is 29.8 Å².